The highest BCUT2D eigenvalue weighted by Crippen LogP contribution is 2.35. The summed E-state index contributed by atoms with van der Waals surface area (Å²) in [5.74, 6) is -1.50. The van der Waals surface area contributed by atoms with Crippen molar-refractivity contribution in [3.63, 3.8) is 0 Å². The Kier molecular flexibility index (Phi) is 4.81. The molecule has 0 aromatic heterocycles. The molecule has 134 valence electrons. The first-order valence-electron chi connectivity index (χ1n) is 6.78. The number of hydrogen-bond acceptors (Lipinski definition) is 5. The van der Waals surface area contributed by atoms with Crippen molar-refractivity contribution < 1.29 is 36.2 Å². The molecule has 0 saturated heterocycles. The van der Waals surface area contributed by atoms with Crippen molar-refractivity contribution in [2.75, 3.05) is 13.4 Å². The first-order valence-corrected chi connectivity index (χ1v) is 8.68. The molecular weight excluding hydrogens is 361 g/mol. The Labute approximate surface area is 141 Å². The van der Waals surface area contributed by atoms with Crippen LogP contribution in [-0.2, 0) is 16.0 Å². The van der Waals surface area contributed by atoms with Gasteiger partial charge < -0.3 is 9.84 Å². The van der Waals surface area contributed by atoms with Crippen molar-refractivity contribution in [2.45, 2.75) is 11.1 Å². The summed E-state index contributed by atoms with van der Waals surface area (Å²) >= 11 is 0. The minimum atomic E-state index is -4.76. The molecule has 5 nitrogen and oxygen atoms in total. The highest BCUT2D eigenvalue weighted by molar-refractivity contribution is 7.90. The number of ketones is 1. The van der Waals surface area contributed by atoms with Crippen LogP contribution in [0.25, 0.3) is 0 Å². The molecule has 0 spiro atoms. The van der Waals surface area contributed by atoms with Gasteiger partial charge >= 0.3 is 6.18 Å². The van der Waals surface area contributed by atoms with Gasteiger partial charge in [0.2, 0.25) is 0 Å². The first kappa shape index (κ1) is 18.8. The van der Waals surface area contributed by atoms with E-state index in [1.165, 1.54) is 25.3 Å². The van der Waals surface area contributed by atoms with Crippen LogP contribution in [0.4, 0.5) is 13.2 Å². The van der Waals surface area contributed by atoms with Crippen LogP contribution in [0.1, 0.15) is 21.5 Å². The second-order valence-electron chi connectivity index (χ2n) is 5.17. The second-order valence-corrected chi connectivity index (χ2v) is 7.15. The number of alkyl halides is 3. The van der Waals surface area contributed by atoms with Gasteiger partial charge in [-0.3, -0.25) is 4.79 Å². The summed E-state index contributed by atoms with van der Waals surface area (Å²) in [5, 5.41) is 10.0. The van der Waals surface area contributed by atoms with Gasteiger partial charge in [0.25, 0.3) is 0 Å². The number of ether oxygens (including phenoxy) is 1. The van der Waals surface area contributed by atoms with E-state index in [0.717, 1.165) is 6.07 Å². The third-order valence-corrected chi connectivity index (χ3v) is 4.55. The highest BCUT2D eigenvalue weighted by Gasteiger charge is 2.33. The highest BCUT2D eigenvalue weighted by atomic mass is 32.2. The van der Waals surface area contributed by atoms with Gasteiger partial charge in [-0.05, 0) is 30.3 Å². The molecule has 0 atom stereocenters. The van der Waals surface area contributed by atoms with Crippen LogP contribution >= 0.6 is 0 Å². The minimum absolute atomic E-state index is 0.0290. The standard InChI is InChI=1S/C16H13F3O5S/c1-24-12-5-3-4-11(15(12)21)14(20)10-7-6-9(16(17,18)19)8-13(10)25(2,22)23/h3-8,21H,1-2H3. The lowest BCUT2D eigenvalue weighted by Gasteiger charge is -2.13. The Bertz CT molecular complexity index is 933. The van der Waals surface area contributed by atoms with Gasteiger partial charge in [-0.15, -0.1) is 0 Å². The number of phenolic OH excluding ortho intramolecular Hbond substituents is 1. The molecule has 0 aliphatic heterocycles. The number of hydrogen-bond donors (Lipinski definition) is 1. The molecule has 25 heavy (non-hydrogen) atoms. The Morgan fingerprint density at radius 1 is 1.12 bits per heavy atom. The second kappa shape index (κ2) is 6.40. The van der Waals surface area contributed by atoms with Gasteiger partial charge in [0.15, 0.2) is 27.1 Å². The van der Waals surface area contributed by atoms with E-state index in [9.17, 15) is 31.5 Å². The number of methoxy groups -OCH3 is 1. The van der Waals surface area contributed by atoms with Gasteiger partial charge in [0.1, 0.15) is 0 Å². The molecule has 0 heterocycles. The van der Waals surface area contributed by atoms with Gasteiger partial charge in [-0.1, -0.05) is 6.07 Å². The Morgan fingerprint density at radius 3 is 2.28 bits per heavy atom. The molecule has 2 aromatic carbocycles. The van der Waals surface area contributed by atoms with Crippen molar-refractivity contribution >= 4 is 15.6 Å². The van der Waals surface area contributed by atoms with Crippen LogP contribution in [-0.4, -0.2) is 32.7 Å². The Hall–Kier alpha value is -2.55. The number of sulfone groups is 1. The maximum absolute atomic E-state index is 12.8. The van der Waals surface area contributed by atoms with Gasteiger partial charge in [0, 0.05) is 11.8 Å². The average molecular weight is 374 g/mol. The van der Waals surface area contributed by atoms with Crippen LogP contribution in [0.2, 0.25) is 0 Å². The minimum Gasteiger partial charge on any atom is -0.504 e. The van der Waals surface area contributed by atoms with E-state index in [2.05, 4.69) is 0 Å². The molecule has 9 heteroatoms. The van der Waals surface area contributed by atoms with E-state index in [-0.39, 0.29) is 11.3 Å². The summed E-state index contributed by atoms with van der Waals surface area (Å²) in [6.07, 6.45) is -4.07. The molecule has 0 unspecified atom stereocenters. The normalized spacial score (nSPS) is 12.0. The average Bonchev–Trinajstić information content (AvgIpc) is 2.52. The van der Waals surface area contributed by atoms with E-state index >= 15 is 0 Å². The zero-order valence-electron chi connectivity index (χ0n) is 13.1. The SMILES string of the molecule is COc1cccc(C(=O)c2ccc(C(F)(F)F)cc2S(C)(=O)=O)c1O. The summed E-state index contributed by atoms with van der Waals surface area (Å²) in [6, 6.07) is 5.76. The number of carbonyl (C=O) groups excluding carboxylic acids is 1. The fourth-order valence-corrected chi connectivity index (χ4v) is 3.11. The molecule has 2 aromatic rings. The van der Waals surface area contributed by atoms with Gasteiger partial charge in [-0.2, -0.15) is 13.2 Å². The van der Waals surface area contributed by atoms with E-state index in [4.69, 9.17) is 4.74 Å². The fourth-order valence-electron chi connectivity index (χ4n) is 2.21. The summed E-state index contributed by atoms with van der Waals surface area (Å²) < 4.78 is 67.1. The summed E-state index contributed by atoms with van der Waals surface area (Å²) in [6.45, 7) is 0. The maximum atomic E-state index is 12.8. The number of halogens is 3. The predicted octanol–water partition coefficient (Wildman–Crippen LogP) is 3.05. The first-order chi connectivity index (χ1) is 11.5. The van der Waals surface area contributed by atoms with E-state index in [1.54, 1.807) is 0 Å². The topological polar surface area (TPSA) is 80.7 Å². The quantitative estimate of drug-likeness (QED) is 0.832. The monoisotopic (exact) mass is 374 g/mol. The van der Waals surface area contributed by atoms with Crippen molar-refractivity contribution in [1.82, 2.24) is 0 Å². The van der Waals surface area contributed by atoms with Crippen molar-refractivity contribution in [2.24, 2.45) is 0 Å². The molecule has 0 amide bonds. The van der Waals surface area contributed by atoms with Crippen LogP contribution in [0.5, 0.6) is 11.5 Å². The zero-order valence-corrected chi connectivity index (χ0v) is 13.9. The molecule has 0 aliphatic carbocycles. The lowest BCUT2D eigenvalue weighted by Crippen LogP contribution is -2.13. The third kappa shape index (κ3) is 3.76. The fraction of sp³-hybridized carbons (Fsp3) is 0.188. The Morgan fingerprint density at radius 2 is 1.76 bits per heavy atom. The van der Waals surface area contributed by atoms with E-state index < -0.39 is 43.6 Å². The van der Waals surface area contributed by atoms with E-state index in [0.29, 0.717) is 18.4 Å². The molecule has 0 aliphatic rings. The smallest absolute Gasteiger partial charge is 0.416 e. The lowest BCUT2D eigenvalue weighted by molar-refractivity contribution is -0.137. The molecule has 0 fully saturated rings. The number of rotatable bonds is 4. The number of para-hydroxylation sites is 1. The largest absolute Gasteiger partial charge is 0.504 e. The van der Waals surface area contributed by atoms with Gasteiger partial charge in [0.05, 0.1) is 23.1 Å². The molecule has 0 radical (unpaired) electrons. The van der Waals surface area contributed by atoms with Crippen molar-refractivity contribution in [3.05, 3.63) is 53.1 Å². The molecule has 0 bridgehead atoms. The molecule has 2 rings (SSSR count). The van der Waals surface area contributed by atoms with Crippen LogP contribution in [0.3, 0.4) is 0 Å². The third-order valence-electron chi connectivity index (χ3n) is 3.42. The summed E-state index contributed by atoms with van der Waals surface area (Å²) in [4.78, 5) is 11.8. The van der Waals surface area contributed by atoms with Crippen LogP contribution in [0.15, 0.2) is 41.3 Å². The van der Waals surface area contributed by atoms with Crippen molar-refractivity contribution in [3.8, 4) is 11.5 Å². The number of benzene rings is 2. The van der Waals surface area contributed by atoms with Crippen molar-refractivity contribution in [1.29, 1.82) is 0 Å². The number of aromatic hydroxyl groups is 1. The van der Waals surface area contributed by atoms with Crippen LogP contribution < -0.4 is 4.74 Å². The van der Waals surface area contributed by atoms with Crippen LogP contribution in [0, 0.1) is 0 Å². The van der Waals surface area contributed by atoms with Gasteiger partial charge in [-0.25, -0.2) is 8.42 Å². The maximum Gasteiger partial charge on any atom is 0.416 e. The molecular formula is C16H13F3O5S. The molecule has 0 saturated carbocycles. The summed E-state index contributed by atoms with van der Waals surface area (Å²) in [7, 11) is -2.88. The summed E-state index contributed by atoms with van der Waals surface area (Å²) in [5.41, 5.74) is -1.96. The molecule has 1 N–H and O–H groups in total. The number of carbonyl (C=O) groups is 1. The lowest BCUT2D eigenvalue weighted by atomic mass is 10.0. The Balaban J connectivity index is 2.69. The predicted molar refractivity (Wildman–Crippen MR) is 82.6 cm³/mol. The number of phenols is 1. The van der Waals surface area contributed by atoms with E-state index in [1.807, 2.05) is 0 Å². The zero-order chi connectivity index (χ0) is 19.0.